The molecule has 2 aromatic carbocycles. The van der Waals surface area contributed by atoms with Crippen LogP contribution in [0.15, 0.2) is 53.0 Å². The Kier molecular flexibility index (Phi) is 5.27. The Morgan fingerprint density at radius 3 is 2.62 bits per heavy atom. The molecule has 1 aliphatic heterocycles. The third-order valence-corrected chi connectivity index (χ3v) is 5.88. The number of carbonyl (C=O) groups excluding carboxylic acids is 1. The van der Waals surface area contributed by atoms with E-state index in [2.05, 4.69) is 44.0 Å². The van der Waals surface area contributed by atoms with E-state index in [9.17, 15) is 4.79 Å². The summed E-state index contributed by atoms with van der Waals surface area (Å²) in [6.45, 7) is 0.732. The normalized spacial score (nSPS) is 25.3. The van der Waals surface area contributed by atoms with E-state index in [1.54, 1.807) is 0 Å². The van der Waals surface area contributed by atoms with Crippen LogP contribution in [-0.2, 0) is 11.3 Å². The average molecular weight is 414 g/mol. The second-order valence-corrected chi connectivity index (χ2v) is 8.09. The molecule has 0 bridgehead atoms. The van der Waals surface area contributed by atoms with Crippen molar-refractivity contribution in [3.05, 3.63) is 64.1 Å². The predicted octanol–water partition coefficient (Wildman–Crippen LogP) is 4.13. The molecule has 1 amide bonds. The summed E-state index contributed by atoms with van der Waals surface area (Å²) in [4.78, 5) is 12.8. The zero-order chi connectivity index (χ0) is 17.9. The van der Waals surface area contributed by atoms with Gasteiger partial charge in [-0.25, -0.2) is 0 Å². The minimum atomic E-state index is -0.315. The lowest BCUT2D eigenvalue weighted by Crippen LogP contribution is -2.61. The molecule has 0 radical (unpaired) electrons. The van der Waals surface area contributed by atoms with Crippen molar-refractivity contribution < 1.29 is 4.79 Å². The third kappa shape index (κ3) is 3.79. The van der Waals surface area contributed by atoms with Gasteiger partial charge < -0.3 is 10.6 Å². The van der Waals surface area contributed by atoms with E-state index in [0.717, 1.165) is 35.1 Å². The minimum absolute atomic E-state index is 0.0778. The quantitative estimate of drug-likeness (QED) is 0.705. The highest BCUT2D eigenvalue weighted by atomic mass is 79.9. The topological polar surface area (TPSA) is 53.2 Å². The molecule has 1 saturated carbocycles. The molecule has 136 valence electrons. The van der Waals surface area contributed by atoms with E-state index in [1.165, 1.54) is 18.4 Å². The van der Waals surface area contributed by atoms with Gasteiger partial charge in [0.1, 0.15) is 6.04 Å². The van der Waals surface area contributed by atoms with Crippen molar-refractivity contribution in [1.82, 2.24) is 10.6 Å². The van der Waals surface area contributed by atoms with E-state index in [0.29, 0.717) is 6.04 Å². The van der Waals surface area contributed by atoms with Gasteiger partial charge in [-0.05, 0) is 36.6 Å². The molecule has 5 heteroatoms. The van der Waals surface area contributed by atoms with Gasteiger partial charge in [-0.2, -0.15) is 0 Å². The van der Waals surface area contributed by atoms with Gasteiger partial charge in [-0.3, -0.25) is 10.1 Å². The lowest BCUT2D eigenvalue weighted by Gasteiger charge is -2.41. The van der Waals surface area contributed by atoms with E-state index in [-0.39, 0.29) is 18.0 Å². The largest absolute Gasteiger partial charge is 0.381 e. The van der Waals surface area contributed by atoms with Crippen LogP contribution in [-0.4, -0.2) is 18.0 Å². The van der Waals surface area contributed by atoms with Gasteiger partial charge >= 0.3 is 0 Å². The number of carbonyl (C=O) groups is 1. The van der Waals surface area contributed by atoms with Crippen molar-refractivity contribution in [3.63, 3.8) is 0 Å². The van der Waals surface area contributed by atoms with Crippen molar-refractivity contribution in [1.29, 1.82) is 0 Å². The maximum atomic E-state index is 12.8. The number of benzene rings is 2. The molecule has 1 saturated heterocycles. The van der Waals surface area contributed by atoms with Crippen LogP contribution in [0.2, 0.25) is 0 Å². The average Bonchev–Trinajstić information content (AvgIpc) is 2.67. The summed E-state index contributed by atoms with van der Waals surface area (Å²) in [5, 5.41) is 10.4. The van der Waals surface area contributed by atoms with Crippen LogP contribution in [0.4, 0.5) is 5.69 Å². The number of hydrogen-bond acceptors (Lipinski definition) is 3. The molecule has 2 aromatic rings. The summed E-state index contributed by atoms with van der Waals surface area (Å²) in [6.07, 6.45) is 4.64. The highest BCUT2D eigenvalue weighted by molar-refractivity contribution is 9.10. The molecule has 1 heterocycles. The summed E-state index contributed by atoms with van der Waals surface area (Å²) in [6, 6.07) is 16.7. The summed E-state index contributed by atoms with van der Waals surface area (Å²) in [7, 11) is 0. The van der Waals surface area contributed by atoms with Gasteiger partial charge in [0.2, 0.25) is 5.91 Å². The fourth-order valence-corrected chi connectivity index (χ4v) is 4.40. The summed E-state index contributed by atoms with van der Waals surface area (Å²) in [5.74, 6) is 0.0778. The Hall–Kier alpha value is -1.85. The molecular weight excluding hydrogens is 390 g/mol. The second kappa shape index (κ2) is 7.80. The number of fused-ring (bicyclic) bond motifs is 1. The second-order valence-electron chi connectivity index (χ2n) is 7.18. The first kappa shape index (κ1) is 17.6. The van der Waals surface area contributed by atoms with Crippen LogP contribution in [0.3, 0.4) is 0 Å². The number of rotatable bonds is 4. The van der Waals surface area contributed by atoms with Crippen LogP contribution < -0.4 is 16.0 Å². The van der Waals surface area contributed by atoms with Crippen LogP contribution in [0.5, 0.6) is 0 Å². The monoisotopic (exact) mass is 413 g/mol. The van der Waals surface area contributed by atoms with Crippen molar-refractivity contribution in [2.45, 2.75) is 50.4 Å². The van der Waals surface area contributed by atoms with Crippen LogP contribution >= 0.6 is 15.9 Å². The molecule has 4 rings (SSSR count). The number of hydrogen-bond donors (Lipinski definition) is 3. The zero-order valence-corrected chi connectivity index (χ0v) is 16.3. The standard InChI is InChI=1S/C21H24BrN3O/c22-15-10-11-17(23-13-14-6-2-1-3-7-14)16(12-15)20-21(26)25-19-9-5-4-8-18(19)24-20/h1-3,6-7,10-12,18-20,23-24H,4-5,8-9,13H2,(H,25,26). The van der Waals surface area contributed by atoms with E-state index in [1.807, 2.05) is 36.4 Å². The Morgan fingerprint density at radius 1 is 1.04 bits per heavy atom. The smallest absolute Gasteiger partial charge is 0.242 e. The van der Waals surface area contributed by atoms with E-state index in [4.69, 9.17) is 0 Å². The molecule has 1 aliphatic carbocycles. The molecule has 2 aliphatic rings. The van der Waals surface area contributed by atoms with Crippen LogP contribution in [0.1, 0.15) is 42.9 Å². The molecule has 3 unspecified atom stereocenters. The first-order valence-corrected chi connectivity index (χ1v) is 10.1. The first-order chi connectivity index (χ1) is 12.7. The van der Waals surface area contributed by atoms with Gasteiger partial charge in [0.05, 0.1) is 0 Å². The maximum Gasteiger partial charge on any atom is 0.242 e. The summed E-state index contributed by atoms with van der Waals surface area (Å²) < 4.78 is 0.984. The summed E-state index contributed by atoms with van der Waals surface area (Å²) >= 11 is 3.56. The van der Waals surface area contributed by atoms with Gasteiger partial charge in [-0.15, -0.1) is 0 Å². The molecule has 3 atom stereocenters. The van der Waals surface area contributed by atoms with Crippen molar-refractivity contribution in [2.75, 3.05) is 5.32 Å². The fourth-order valence-electron chi connectivity index (χ4n) is 4.02. The molecule has 4 nitrogen and oxygen atoms in total. The summed E-state index contributed by atoms with van der Waals surface area (Å²) in [5.41, 5.74) is 3.21. The molecule has 3 N–H and O–H groups in total. The van der Waals surface area contributed by atoms with Crippen molar-refractivity contribution in [2.24, 2.45) is 0 Å². The molecule has 0 spiro atoms. The van der Waals surface area contributed by atoms with Crippen molar-refractivity contribution >= 4 is 27.5 Å². The van der Waals surface area contributed by atoms with E-state index >= 15 is 0 Å². The number of halogens is 1. The van der Waals surface area contributed by atoms with Gasteiger partial charge in [0.15, 0.2) is 0 Å². The predicted molar refractivity (Wildman–Crippen MR) is 108 cm³/mol. The third-order valence-electron chi connectivity index (χ3n) is 5.39. The van der Waals surface area contributed by atoms with Gasteiger partial charge in [0.25, 0.3) is 0 Å². The van der Waals surface area contributed by atoms with Gasteiger partial charge in [-0.1, -0.05) is 59.1 Å². The van der Waals surface area contributed by atoms with E-state index < -0.39 is 0 Å². The molecule has 0 aromatic heterocycles. The minimum Gasteiger partial charge on any atom is -0.381 e. The van der Waals surface area contributed by atoms with Crippen LogP contribution in [0.25, 0.3) is 0 Å². The maximum absolute atomic E-state index is 12.8. The number of amides is 1. The number of anilines is 1. The molecule has 2 fully saturated rings. The Morgan fingerprint density at radius 2 is 1.81 bits per heavy atom. The van der Waals surface area contributed by atoms with Crippen LogP contribution in [0, 0.1) is 0 Å². The Bertz CT molecular complexity index is 780. The Labute approximate surface area is 162 Å². The number of nitrogens with one attached hydrogen (secondary N) is 3. The van der Waals surface area contributed by atoms with Gasteiger partial charge in [0, 0.05) is 34.4 Å². The zero-order valence-electron chi connectivity index (χ0n) is 14.7. The molecular formula is C21H24BrN3O. The highest BCUT2D eigenvalue weighted by Crippen LogP contribution is 2.32. The lowest BCUT2D eigenvalue weighted by atomic mass is 9.86. The Balaban J connectivity index is 1.56. The number of piperazine rings is 1. The SMILES string of the molecule is O=C1NC2CCCCC2NC1c1cc(Br)ccc1NCc1ccccc1. The first-order valence-electron chi connectivity index (χ1n) is 9.34. The fraction of sp³-hybridized carbons (Fsp3) is 0.381. The lowest BCUT2D eigenvalue weighted by molar-refractivity contribution is -0.127. The highest BCUT2D eigenvalue weighted by Gasteiger charge is 2.37. The molecule has 26 heavy (non-hydrogen) atoms. The van der Waals surface area contributed by atoms with Crippen molar-refractivity contribution in [3.8, 4) is 0 Å².